The molecule has 0 amide bonds. The van der Waals surface area contributed by atoms with E-state index in [4.69, 9.17) is 0 Å². The molecule has 3 rings (SSSR count). The summed E-state index contributed by atoms with van der Waals surface area (Å²) in [5.41, 5.74) is 4.38. The fourth-order valence-corrected chi connectivity index (χ4v) is 2.18. The van der Waals surface area contributed by atoms with E-state index in [1.165, 1.54) is 5.56 Å². The summed E-state index contributed by atoms with van der Waals surface area (Å²) < 4.78 is 1.77. The van der Waals surface area contributed by atoms with Gasteiger partial charge in [0.15, 0.2) is 5.82 Å². The van der Waals surface area contributed by atoms with Crippen LogP contribution in [0, 0.1) is 0 Å². The molecule has 2 aromatic heterocycles. The SMILES string of the molecule is CCc1nc(-c2ccn(C)n2)nc2c1CNC2. The van der Waals surface area contributed by atoms with Crippen molar-refractivity contribution in [3.05, 3.63) is 29.2 Å². The van der Waals surface area contributed by atoms with Crippen LogP contribution in [0.1, 0.15) is 23.9 Å². The summed E-state index contributed by atoms with van der Waals surface area (Å²) in [5.74, 6) is 0.741. The second-order valence-corrected chi connectivity index (χ2v) is 4.25. The van der Waals surface area contributed by atoms with Gasteiger partial charge in [-0.3, -0.25) is 4.68 Å². The Labute approximate surface area is 99.9 Å². The lowest BCUT2D eigenvalue weighted by Gasteiger charge is -2.06. The van der Waals surface area contributed by atoms with Crippen LogP contribution in [0.5, 0.6) is 0 Å². The summed E-state index contributed by atoms with van der Waals surface area (Å²) in [6, 6.07) is 1.95. The smallest absolute Gasteiger partial charge is 0.180 e. The number of aryl methyl sites for hydroxylation is 2. The summed E-state index contributed by atoms with van der Waals surface area (Å²) in [7, 11) is 1.90. The minimum absolute atomic E-state index is 0.741. The normalized spacial score (nSPS) is 14.0. The van der Waals surface area contributed by atoms with E-state index < -0.39 is 0 Å². The van der Waals surface area contributed by atoms with Crippen molar-refractivity contribution in [2.45, 2.75) is 26.4 Å². The van der Waals surface area contributed by atoms with Crippen molar-refractivity contribution in [1.29, 1.82) is 0 Å². The second-order valence-electron chi connectivity index (χ2n) is 4.25. The maximum absolute atomic E-state index is 4.62. The van der Waals surface area contributed by atoms with Gasteiger partial charge in [-0.1, -0.05) is 6.92 Å². The van der Waals surface area contributed by atoms with Gasteiger partial charge in [-0.05, 0) is 12.5 Å². The van der Waals surface area contributed by atoms with Crippen molar-refractivity contribution < 1.29 is 0 Å². The Hall–Kier alpha value is -1.75. The third kappa shape index (κ3) is 1.72. The zero-order chi connectivity index (χ0) is 11.8. The average Bonchev–Trinajstić information content (AvgIpc) is 2.95. The van der Waals surface area contributed by atoms with Crippen LogP contribution in [0.25, 0.3) is 11.5 Å². The highest BCUT2D eigenvalue weighted by Crippen LogP contribution is 2.21. The molecule has 0 saturated carbocycles. The Kier molecular flexibility index (Phi) is 2.40. The van der Waals surface area contributed by atoms with Gasteiger partial charge in [0.2, 0.25) is 0 Å². The first-order valence-electron chi connectivity index (χ1n) is 5.87. The number of hydrogen-bond acceptors (Lipinski definition) is 4. The summed E-state index contributed by atoms with van der Waals surface area (Å²) in [6.45, 7) is 3.86. The quantitative estimate of drug-likeness (QED) is 0.836. The molecule has 0 unspecified atom stereocenters. The van der Waals surface area contributed by atoms with Crippen molar-refractivity contribution in [2.75, 3.05) is 0 Å². The van der Waals surface area contributed by atoms with Gasteiger partial charge in [-0.2, -0.15) is 5.10 Å². The molecule has 0 aliphatic carbocycles. The van der Waals surface area contributed by atoms with Crippen LogP contribution in [0.4, 0.5) is 0 Å². The van der Waals surface area contributed by atoms with Crippen molar-refractivity contribution in [3.8, 4) is 11.5 Å². The topological polar surface area (TPSA) is 55.6 Å². The Bertz CT molecular complexity index is 558. The molecule has 1 aliphatic heterocycles. The molecule has 5 heteroatoms. The summed E-state index contributed by atoms with van der Waals surface area (Å²) in [4.78, 5) is 9.22. The predicted molar refractivity (Wildman–Crippen MR) is 64.2 cm³/mol. The van der Waals surface area contributed by atoms with E-state index in [9.17, 15) is 0 Å². The molecule has 0 fully saturated rings. The van der Waals surface area contributed by atoms with Crippen LogP contribution in [0.15, 0.2) is 12.3 Å². The molecule has 0 atom stereocenters. The molecule has 1 aliphatic rings. The highest BCUT2D eigenvalue weighted by molar-refractivity contribution is 5.50. The second kappa shape index (κ2) is 3.92. The van der Waals surface area contributed by atoms with Crippen LogP contribution in [-0.4, -0.2) is 19.7 Å². The van der Waals surface area contributed by atoms with Crippen molar-refractivity contribution in [2.24, 2.45) is 7.05 Å². The Morgan fingerprint density at radius 2 is 2.24 bits per heavy atom. The van der Waals surface area contributed by atoms with Gasteiger partial charge in [0.05, 0.1) is 5.69 Å². The van der Waals surface area contributed by atoms with E-state index in [1.54, 1.807) is 4.68 Å². The minimum atomic E-state index is 0.741. The van der Waals surface area contributed by atoms with Crippen LogP contribution >= 0.6 is 0 Å². The molecule has 0 spiro atoms. The molecule has 17 heavy (non-hydrogen) atoms. The van der Waals surface area contributed by atoms with E-state index in [0.717, 1.165) is 42.4 Å². The average molecular weight is 229 g/mol. The number of nitrogens with zero attached hydrogens (tertiary/aromatic N) is 4. The number of fused-ring (bicyclic) bond motifs is 1. The molecule has 0 radical (unpaired) electrons. The van der Waals surface area contributed by atoms with Crippen LogP contribution < -0.4 is 5.32 Å². The predicted octanol–water partition coefficient (Wildman–Crippen LogP) is 1.04. The van der Waals surface area contributed by atoms with Gasteiger partial charge in [-0.25, -0.2) is 9.97 Å². The van der Waals surface area contributed by atoms with Gasteiger partial charge < -0.3 is 5.32 Å². The fourth-order valence-electron chi connectivity index (χ4n) is 2.18. The molecular weight excluding hydrogens is 214 g/mol. The van der Waals surface area contributed by atoms with Crippen LogP contribution in [0.3, 0.4) is 0 Å². The summed E-state index contributed by atoms with van der Waals surface area (Å²) >= 11 is 0. The lowest BCUT2D eigenvalue weighted by atomic mass is 10.1. The largest absolute Gasteiger partial charge is 0.307 e. The minimum Gasteiger partial charge on any atom is -0.307 e. The van der Waals surface area contributed by atoms with Gasteiger partial charge in [0.25, 0.3) is 0 Å². The van der Waals surface area contributed by atoms with E-state index >= 15 is 0 Å². The molecular formula is C12H15N5. The van der Waals surface area contributed by atoms with Gasteiger partial charge >= 0.3 is 0 Å². The van der Waals surface area contributed by atoms with E-state index in [-0.39, 0.29) is 0 Å². The molecule has 5 nitrogen and oxygen atoms in total. The highest BCUT2D eigenvalue weighted by atomic mass is 15.3. The maximum atomic E-state index is 4.62. The lowest BCUT2D eigenvalue weighted by molar-refractivity contribution is 0.755. The van der Waals surface area contributed by atoms with Crippen molar-refractivity contribution in [3.63, 3.8) is 0 Å². The lowest BCUT2D eigenvalue weighted by Crippen LogP contribution is -2.03. The van der Waals surface area contributed by atoms with Crippen molar-refractivity contribution in [1.82, 2.24) is 25.1 Å². The van der Waals surface area contributed by atoms with Gasteiger partial charge in [0, 0.05) is 37.6 Å². The summed E-state index contributed by atoms with van der Waals surface area (Å²) in [6.07, 6.45) is 2.85. The Morgan fingerprint density at radius 3 is 2.94 bits per heavy atom. The first-order chi connectivity index (χ1) is 8.28. The maximum Gasteiger partial charge on any atom is 0.180 e. The first-order valence-corrected chi connectivity index (χ1v) is 5.87. The van der Waals surface area contributed by atoms with E-state index in [0.29, 0.717) is 0 Å². The third-order valence-corrected chi connectivity index (χ3v) is 3.05. The van der Waals surface area contributed by atoms with Gasteiger partial charge in [-0.15, -0.1) is 0 Å². The number of nitrogens with one attached hydrogen (secondary N) is 1. The first kappa shape index (κ1) is 10.4. The number of hydrogen-bond donors (Lipinski definition) is 1. The van der Waals surface area contributed by atoms with Crippen LogP contribution in [0.2, 0.25) is 0 Å². The Balaban J connectivity index is 2.12. The molecule has 1 N–H and O–H groups in total. The monoisotopic (exact) mass is 229 g/mol. The molecule has 88 valence electrons. The van der Waals surface area contributed by atoms with Gasteiger partial charge in [0.1, 0.15) is 5.69 Å². The molecule has 0 saturated heterocycles. The number of rotatable bonds is 2. The zero-order valence-electron chi connectivity index (χ0n) is 10.1. The molecule has 0 aromatic carbocycles. The van der Waals surface area contributed by atoms with E-state index in [2.05, 4.69) is 27.3 Å². The van der Waals surface area contributed by atoms with E-state index in [1.807, 2.05) is 19.3 Å². The molecule has 2 aromatic rings. The third-order valence-electron chi connectivity index (χ3n) is 3.05. The van der Waals surface area contributed by atoms with Crippen LogP contribution in [-0.2, 0) is 26.6 Å². The fraction of sp³-hybridized carbons (Fsp3) is 0.417. The molecule has 3 heterocycles. The summed E-state index contributed by atoms with van der Waals surface area (Å²) in [5, 5.41) is 7.67. The van der Waals surface area contributed by atoms with Crippen molar-refractivity contribution >= 4 is 0 Å². The number of aromatic nitrogens is 4. The standard InChI is InChI=1S/C12H15N5/c1-3-9-8-6-13-7-11(8)15-12(14-9)10-4-5-17(2)16-10/h4-5,13H,3,6-7H2,1-2H3. The highest BCUT2D eigenvalue weighted by Gasteiger charge is 2.19. The zero-order valence-corrected chi connectivity index (χ0v) is 10.1. The Morgan fingerprint density at radius 1 is 1.35 bits per heavy atom. The molecule has 0 bridgehead atoms.